The summed E-state index contributed by atoms with van der Waals surface area (Å²) < 4.78 is 0. The Morgan fingerprint density at radius 2 is 1.59 bits per heavy atom. The molecule has 0 bridgehead atoms. The fraction of sp³-hybridized carbons (Fsp3) is 0.133. The number of benzene rings is 3. The number of halogens is 2. The summed E-state index contributed by atoms with van der Waals surface area (Å²) in [5.41, 5.74) is 13.9. The van der Waals surface area contributed by atoms with Crippen LogP contribution < -0.4 is 10.4 Å². The summed E-state index contributed by atoms with van der Waals surface area (Å²) in [4.78, 5) is 0. The topological polar surface area (TPSA) is 0 Å². The summed E-state index contributed by atoms with van der Waals surface area (Å²) in [5.74, 6) is 0.734. The summed E-state index contributed by atoms with van der Waals surface area (Å²) in [6.45, 7) is 0. The van der Waals surface area contributed by atoms with Gasteiger partial charge in [0, 0.05) is 21.9 Å². The van der Waals surface area contributed by atoms with E-state index in [4.69, 9.17) is 23.2 Å². The van der Waals surface area contributed by atoms with Crippen LogP contribution in [-0.2, 0) is 0 Å². The van der Waals surface area contributed by atoms with Crippen LogP contribution in [-0.4, -0.2) is 0 Å². The molecule has 0 radical (unpaired) electrons. The molecule has 0 saturated carbocycles. The number of hydrogen-bond acceptors (Lipinski definition) is 0. The maximum absolute atomic E-state index is 6.41. The van der Waals surface area contributed by atoms with Gasteiger partial charge in [-0.1, -0.05) is 59.6 Å². The smallest absolute Gasteiger partial charge is 0.0412 e. The fourth-order valence-electron chi connectivity index (χ4n) is 6.77. The van der Waals surface area contributed by atoms with Crippen molar-refractivity contribution in [3.8, 4) is 11.1 Å². The van der Waals surface area contributed by atoms with Crippen LogP contribution in [0, 0.1) is 5.92 Å². The summed E-state index contributed by atoms with van der Waals surface area (Å²) >= 11 is 12.8. The van der Waals surface area contributed by atoms with Crippen LogP contribution >= 0.6 is 23.2 Å². The van der Waals surface area contributed by atoms with Gasteiger partial charge in [-0.05, 0) is 115 Å². The molecule has 32 heavy (non-hydrogen) atoms. The van der Waals surface area contributed by atoms with Crippen molar-refractivity contribution in [1.29, 1.82) is 0 Å². The number of hydrogen-bond donors (Lipinski definition) is 0. The van der Waals surface area contributed by atoms with Crippen LogP contribution in [0.15, 0.2) is 60.7 Å². The Morgan fingerprint density at radius 3 is 2.47 bits per heavy atom. The van der Waals surface area contributed by atoms with Gasteiger partial charge in [0.25, 0.3) is 0 Å². The SMILES string of the molecule is Clc1ccc2c(c1)C1=CC=CC3c4cc5c6c(c4C=C2C13)=CCCC=6c1cc(Cl)ccc1-5. The second kappa shape index (κ2) is 5.95. The molecule has 3 aromatic carbocycles. The van der Waals surface area contributed by atoms with Crippen LogP contribution in [0.2, 0.25) is 10.0 Å². The van der Waals surface area contributed by atoms with Crippen molar-refractivity contribution in [3.63, 3.8) is 0 Å². The Bertz CT molecular complexity index is 1640. The van der Waals surface area contributed by atoms with E-state index in [2.05, 4.69) is 60.7 Å². The van der Waals surface area contributed by atoms with Crippen LogP contribution in [0.3, 0.4) is 0 Å². The standard InChI is InChI=1S/C30H18Cl2/c31-15-7-9-17-23(11-15)19-3-1-5-21-25-13-28-18-10-8-16(32)12-24(18)20-4-2-6-22(30(20)28)26(25)14-27(17)29(19)21/h1,3,5-14,21,29H,2,4H2. The van der Waals surface area contributed by atoms with E-state index >= 15 is 0 Å². The molecule has 152 valence electrons. The van der Waals surface area contributed by atoms with Gasteiger partial charge < -0.3 is 0 Å². The lowest BCUT2D eigenvalue weighted by Gasteiger charge is -2.32. The molecule has 0 saturated heterocycles. The van der Waals surface area contributed by atoms with E-state index in [1.165, 1.54) is 66.1 Å². The van der Waals surface area contributed by atoms with Gasteiger partial charge in [0.2, 0.25) is 0 Å². The van der Waals surface area contributed by atoms with Gasteiger partial charge in [0.1, 0.15) is 0 Å². The molecular weight excluding hydrogens is 431 g/mol. The van der Waals surface area contributed by atoms with E-state index in [0.29, 0.717) is 11.8 Å². The molecule has 8 rings (SSSR count). The van der Waals surface area contributed by atoms with E-state index in [-0.39, 0.29) is 0 Å². The zero-order valence-corrected chi connectivity index (χ0v) is 18.8. The molecule has 0 N–H and O–H groups in total. The minimum absolute atomic E-state index is 0.354. The average molecular weight is 449 g/mol. The summed E-state index contributed by atoms with van der Waals surface area (Å²) in [7, 11) is 0. The second-order valence-corrected chi connectivity index (χ2v) is 10.3. The highest BCUT2D eigenvalue weighted by molar-refractivity contribution is 6.31. The molecule has 2 atom stereocenters. The first-order valence-electron chi connectivity index (χ1n) is 11.3. The average Bonchev–Trinajstić information content (AvgIpc) is 3.29. The van der Waals surface area contributed by atoms with Crippen molar-refractivity contribution < 1.29 is 0 Å². The van der Waals surface area contributed by atoms with Crippen molar-refractivity contribution in [2.75, 3.05) is 0 Å². The first-order chi connectivity index (χ1) is 15.7. The normalized spacial score (nSPS) is 22.2. The van der Waals surface area contributed by atoms with Gasteiger partial charge in [-0.25, -0.2) is 0 Å². The highest BCUT2D eigenvalue weighted by Gasteiger charge is 2.42. The van der Waals surface area contributed by atoms with Crippen LogP contribution in [0.4, 0.5) is 0 Å². The summed E-state index contributed by atoms with van der Waals surface area (Å²) in [6.07, 6.45) is 14.0. The van der Waals surface area contributed by atoms with Gasteiger partial charge in [-0.3, -0.25) is 0 Å². The molecule has 3 aromatic rings. The maximum Gasteiger partial charge on any atom is 0.0412 e. The molecule has 2 heteroatoms. The Labute approximate surface area is 196 Å². The third-order valence-corrected chi connectivity index (χ3v) is 8.44. The molecule has 0 aliphatic heterocycles. The highest BCUT2D eigenvalue weighted by Crippen LogP contribution is 2.57. The molecular formula is C30H18Cl2. The lowest BCUT2D eigenvalue weighted by molar-refractivity contribution is 0.737. The third kappa shape index (κ3) is 2.06. The minimum Gasteiger partial charge on any atom is -0.0843 e. The zero-order chi connectivity index (χ0) is 21.1. The number of rotatable bonds is 0. The predicted octanol–water partition coefficient (Wildman–Crippen LogP) is 6.97. The molecule has 0 spiro atoms. The number of allylic oxidation sites excluding steroid dienone is 5. The predicted molar refractivity (Wildman–Crippen MR) is 135 cm³/mol. The monoisotopic (exact) mass is 448 g/mol. The lowest BCUT2D eigenvalue weighted by atomic mass is 9.70. The quantitative estimate of drug-likeness (QED) is 0.348. The van der Waals surface area contributed by atoms with Crippen LogP contribution in [0.5, 0.6) is 0 Å². The van der Waals surface area contributed by atoms with Gasteiger partial charge in [0.05, 0.1) is 0 Å². The molecule has 2 unspecified atom stereocenters. The van der Waals surface area contributed by atoms with E-state index in [1.807, 2.05) is 12.1 Å². The first-order valence-corrected chi connectivity index (χ1v) is 12.1. The summed E-state index contributed by atoms with van der Waals surface area (Å²) in [6, 6.07) is 15.3. The Balaban J connectivity index is 1.49. The molecule has 5 aliphatic rings. The lowest BCUT2D eigenvalue weighted by Crippen LogP contribution is -2.35. The number of fused-ring (bicyclic) bond motifs is 9. The Morgan fingerprint density at radius 1 is 0.781 bits per heavy atom. The minimum atomic E-state index is 0.354. The van der Waals surface area contributed by atoms with E-state index in [9.17, 15) is 0 Å². The first kappa shape index (κ1) is 17.7. The second-order valence-electron chi connectivity index (χ2n) is 9.43. The maximum atomic E-state index is 6.41. The van der Waals surface area contributed by atoms with Gasteiger partial charge in [-0.15, -0.1) is 0 Å². The molecule has 5 aliphatic carbocycles. The van der Waals surface area contributed by atoms with Gasteiger partial charge in [0.15, 0.2) is 0 Å². The molecule has 0 amide bonds. The van der Waals surface area contributed by atoms with Crippen molar-refractivity contribution >= 4 is 52.1 Å². The van der Waals surface area contributed by atoms with Crippen LogP contribution in [0.1, 0.15) is 46.6 Å². The third-order valence-electron chi connectivity index (χ3n) is 7.97. The Hall–Kier alpha value is -2.80. The Kier molecular flexibility index (Phi) is 3.30. The van der Waals surface area contributed by atoms with E-state index in [0.717, 1.165) is 22.9 Å². The molecule has 0 aromatic heterocycles. The zero-order valence-electron chi connectivity index (χ0n) is 17.3. The molecule has 0 nitrogen and oxygen atoms in total. The van der Waals surface area contributed by atoms with Gasteiger partial charge >= 0.3 is 0 Å². The summed E-state index contributed by atoms with van der Waals surface area (Å²) in [5, 5.41) is 4.49. The van der Waals surface area contributed by atoms with E-state index in [1.54, 1.807) is 0 Å². The largest absolute Gasteiger partial charge is 0.0843 e. The van der Waals surface area contributed by atoms with Crippen molar-refractivity contribution in [3.05, 3.63) is 109 Å². The molecule has 0 heterocycles. The van der Waals surface area contributed by atoms with Crippen LogP contribution in [0.25, 0.3) is 40.0 Å². The van der Waals surface area contributed by atoms with Gasteiger partial charge in [-0.2, -0.15) is 0 Å². The van der Waals surface area contributed by atoms with Crippen molar-refractivity contribution in [2.24, 2.45) is 5.92 Å². The molecule has 0 fully saturated rings. The highest BCUT2D eigenvalue weighted by atomic mass is 35.5. The fourth-order valence-corrected chi connectivity index (χ4v) is 7.11. The van der Waals surface area contributed by atoms with Crippen molar-refractivity contribution in [2.45, 2.75) is 18.8 Å². The van der Waals surface area contributed by atoms with Crippen molar-refractivity contribution in [1.82, 2.24) is 0 Å². The van der Waals surface area contributed by atoms with E-state index < -0.39 is 0 Å².